The summed E-state index contributed by atoms with van der Waals surface area (Å²) in [6.07, 6.45) is 1.55. The van der Waals surface area contributed by atoms with Gasteiger partial charge in [0.1, 0.15) is 5.82 Å². The molecule has 1 aromatic carbocycles. The summed E-state index contributed by atoms with van der Waals surface area (Å²) >= 11 is 0. The van der Waals surface area contributed by atoms with Gasteiger partial charge in [0, 0.05) is 39.3 Å². The normalized spacial score (nSPS) is 17.4. The zero-order valence-electron chi connectivity index (χ0n) is 12.1. The van der Waals surface area contributed by atoms with Gasteiger partial charge in [-0.1, -0.05) is 0 Å². The van der Waals surface area contributed by atoms with Crippen LogP contribution >= 0.6 is 0 Å². The van der Waals surface area contributed by atoms with Crippen molar-refractivity contribution in [1.82, 2.24) is 19.4 Å². The maximum atomic E-state index is 13.3. The van der Waals surface area contributed by atoms with Crippen molar-refractivity contribution in [2.45, 2.75) is 6.54 Å². The Balaban J connectivity index is 1.75. The molecule has 2 heterocycles. The fraction of sp³-hybridized carbons (Fsp3) is 0.467. The summed E-state index contributed by atoms with van der Waals surface area (Å²) in [5.41, 5.74) is 0.367. The monoisotopic (exact) mass is 290 g/mol. The van der Waals surface area contributed by atoms with Crippen LogP contribution in [0.3, 0.4) is 0 Å². The number of aromatic nitrogens is 2. The zero-order chi connectivity index (χ0) is 14.8. The highest BCUT2D eigenvalue weighted by Crippen LogP contribution is 2.08. The SMILES string of the molecule is CN1CCN(CCn2cnc3ccc(F)cc3c2=O)CC1. The first-order valence-electron chi connectivity index (χ1n) is 7.19. The molecular formula is C15H19FN4O. The summed E-state index contributed by atoms with van der Waals surface area (Å²) in [4.78, 5) is 21.2. The molecule has 0 N–H and O–H groups in total. The lowest BCUT2D eigenvalue weighted by atomic mass is 10.2. The summed E-state index contributed by atoms with van der Waals surface area (Å²) < 4.78 is 14.8. The molecule has 0 saturated carbocycles. The van der Waals surface area contributed by atoms with Crippen molar-refractivity contribution in [2.75, 3.05) is 39.8 Å². The van der Waals surface area contributed by atoms with Crippen LogP contribution in [0.25, 0.3) is 10.9 Å². The Kier molecular flexibility index (Phi) is 3.98. The second-order valence-corrected chi connectivity index (χ2v) is 5.55. The molecule has 3 rings (SSSR count). The topological polar surface area (TPSA) is 41.4 Å². The van der Waals surface area contributed by atoms with Gasteiger partial charge in [-0.05, 0) is 25.2 Å². The molecule has 0 unspecified atom stereocenters. The molecule has 1 aliphatic rings. The van der Waals surface area contributed by atoms with Crippen LogP contribution in [0.15, 0.2) is 29.3 Å². The Morgan fingerprint density at radius 2 is 1.95 bits per heavy atom. The van der Waals surface area contributed by atoms with E-state index in [2.05, 4.69) is 21.8 Å². The maximum Gasteiger partial charge on any atom is 0.261 e. The molecule has 0 atom stereocenters. The Morgan fingerprint density at radius 3 is 2.71 bits per heavy atom. The highest BCUT2D eigenvalue weighted by molar-refractivity contribution is 5.77. The quantitative estimate of drug-likeness (QED) is 0.838. The number of fused-ring (bicyclic) bond motifs is 1. The molecule has 0 aliphatic carbocycles. The van der Waals surface area contributed by atoms with Crippen molar-refractivity contribution in [3.8, 4) is 0 Å². The number of nitrogens with zero attached hydrogens (tertiary/aromatic N) is 4. The van der Waals surface area contributed by atoms with Gasteiger partial charge in [-0.3, -0.25) is 14.3 Å². The molecule has 0 radical (unpaired) electrons. The number of rotatable bonds is 3. The number of likely N-dealkylation sites (N-methyl/N-ethyl adjacent to an activating group) is 1. The standard InChI is InChI=1S/C15H19FN4O/c1-18-4-6-19(7-5-18)8-9-20-11-17-14-3-2-12(16)10-13(14)15(20)21/h2-3,10-11H,4-9H2,1H3. The minimum Gasteiger partial charge on any atom is -0.304 e. The predicted octanol–water partition coefficient (Wildman–Crippen LogP) is 0.783. The van der Waals surface area contributed by atoms with E-state index in [-0.39, 0.29) is 5.56 Å². The Bertz CT molecular complexity index is 692. The third-order valence-corrected chi connectivity index (χ3v) is 4.04. The van der Waals surface area contributed by atoms with Crippen molar-refractivity contribution in [3.05, 3.63) is 40.7 Å². The first kappa shape index (κ1) is 14.2. The van der Waals surface area contributed by atoms with Gasteiger partial charge in [-0.15, -0.1) is 0 Å². The van der Waals surface area contributed by atoms with Crippen molar-refractivity contribution in [2.24, 2.45) is 0 Å². The number of hydrogen-bond donors (Lipinski definition) is 0. The minimum absolute atomic E-state index is 0.173. The lowest BCUT2D eigenvalue weighted by Gasteiger charge is -2.32. The van der Waals surface area contributed by atoms with Crippen LogP contribution in [-0.2, 0) is 6.54 Å². The van der Waals surface area contributed by atoms with Crippen LogP contribution in [-0.4, -0.2) is 59.1 Å². The Hall–Kier alpha value is -1.79. The van der Waals surface area contributed by atoms with Crippen LogP contribution in [0, 0.1) is 5.82 Å². The number of piperazine rings is 1. The molecule has 0 spiro atoms. The molecule has 1 aromatic heterocycles. The molecule has 0 bridgehead atoms. The van der Waals surface area contributed by atoms with Crippen LogP contribution in [0.2, 0.25) is 0 Å². The Morgan fingerprint density at radius 1 is 1.19 bits per heavy atom. The van der Waals surface area contributed by atoms with E-state index in [1.807, 2.05) is 0 Å². The molecule has 0 amide bonds. The molecule has 1 aliphatic heterocycles. The first-order chi connectivity index (χ1) is 10.1. The Labute approximate surface area is 122 Å². The average Bonchev–Trinajstić information content (AvgIpc) is 2.49. The van der Waals surface area contributed by atoms with Gasteiger partial charge in [-0.25, -0.2) is 9.37 Å². The van der Waals surface area contributed by atoms with E-state index in [0.29, 0.717) is 17.4 Å². The minimum atomic E-state index is -0.404. The van der Waals surface area contributed by atoms with Gasteiger partial charge in [0.2, 0.25) is 0 Å². The molecule has 2 aromatic rings. The molecule has 5 nitrogen and oxygen atoms in total. The van der Waals surface area contributed by atoms with Crippen LogP contribution in [0.1, 0.15) is 0 Å². The van der Waals surface area contributed by atoms with Crippen LogP contribution < -0.4 is 5.56 Å². The molecule has 21 heavy (non-hydrogen) atoms. The maximum absolute atomic E-state index is 13.3. The second kappa shape index (κ2) is 5.91. The summed E-state index contributed by atoms with van der Waals surface area (Å²) in [6, 6.07) is 4.12. The van der Waals surface area contributed by atoms with Crippen LogP contribution in [0.5, 0.6) is 0 Å². The molecule has 6 heteroatoms. The van der Waals surface area contributed by atoms with E-state index >= 15 is 0 Å². The molecule has 1 saturated heterocycles. The van der Waals surface area contributed by atoms with Gasteiger partial charge in [0.25, 0.3) is 5.56 Å². The van der Waals surface area contributed by atoms with Gasteiger partial charge < -0.3 is 4.90 Å². The van der Waals surface area contributed by atoms with E-state index in [4.69, 9.17) is 0 Å². The van der Waals surface area contributed by atoms with E-state index in [1.165, 1.54) is 18.2 Å². The van der Waals surface area contributed by atoms with Gasteiger partial charge >= 0.3 is 0 Å². The summed E-state index contributed by atoms with van der Waals surface area (Å²) in [5, 5.41) is 0.343. The van der Waals surface area contributed by atoms with Gasteiger partial charge in [0.15, 0.2) is 0 Å². The van der Waals surface area contributed by atoms with E-state index in [1.54, 1.807) is 10.9 Å². The van der Waals surface area contributed by atoms with Gasteiger partial charge in [-0.2, -0.15) is 0 Å². The summed E-state index contributed by atoms with van der Waals surface area (Å²) in [7, 11) is 2.11. The van der Waals surface area contributed by atoms with Crippen molar-refractivity contribution < 1.29 is 4.39 Å². The number of benzene rings is 1. The molecular weight excluding hydrogens is 271 g/mol. The lowest BCUT2D eigenvalue weighted by Crippen LogP contribution is -2.45. The zero-order valence-corrected chi connectivity index (χ0v) is 12.1. The van der Waals surface area contributed by atoms with Crippen LogP contribution in [0.4, 0.5) is 4.39 Å². The average molecular weight is 290 g/mol. The van der Waals surface area contributed by atoms with E-state index in [9.17, 15) is 9.18 Å². The smallest absolute Gasteiger partial charge is 0.261 e. The van der Waals surface area contributed by atoms with Crippen molar-refractivity contribution in [1.29, 1.82) is 0 Å². The first-order valence-corrected chi connectivity index (χ1v) is 7.19. The highest BCUT2D eigenvalue weighted by Gasteiger charge is 2.14. The third kappa shape index (κ3) is 3.11. The number of hydrogen-bond acceptors (Lipinski definition) is 4. The van der Waals surface area contributed by atoms with Crippen molar-refractivity contribution in [3.63, 3.8) is 0 Å². The predicted molar refractivity (Wildman–Crippen MR) is 79.9 cm³/mol. The molecule has 112 valence electrons. The fourth-order valence-corrected chi connectivity index (χ4v) is 2.61. The lowest BCUT2D eigenvalue weighted by molar-refractivity contribution is 0.149. The van der Waals surface area contributed by atoms with Crippen molar-refractivity contribution >= 4 is 10.9 Å². The summed E-state index contributed by atoms with van der Waals surface area (Å²) in [5.74, 6) is -0.404. The summed E-state index contributed by atoms with van der Waals surface area (Å²) in [6.45, 7) is 5.53. The molecule has 1 fully saturated rings. The highest BCUT2D eigenvalue weighted by atomic mass is 19.1. The number of halogens is 1. The van der Waals surface area contributed by atoms with Gasteiger partial charge in [0.05, 0.1) is 17.2 Å². The largest absolute Gasteiger partial charge is 0.304 e. The third-order valence-electron chi connectivity index (χ3n) is 4.04. The fourth-order valence-electron chi connectivity index (χ4n) is 2.61. The van der Waals surface area contributed by atoms with E-state index in [0.717, 1.165) is 32.7 Å². The second-order valence-electron chi connectivity index (χ2n) is 5.55. The van der Waals surface area contributed by atoms with E-state index < -0.39 is 5.82 Å².